The molecule has 5 nitrogen and oxygen atoms in total. The topological polar surface area (TPSA) is 78.4 Å². The van der Waals surface area contributed by atoms with Crippen LogP contribution in [0.25, 0.3) is 0 Å². The summed E-state index contributed by atoms with van der Waals surface area (Å²) in [4.78, 5) is 24.1. The number of rotatable bonds is 4. The fraction of sp³-hybridized carbons (Fsp3) is 0.579. The second-order valence-electron chi connectivity index (χ2n) is 7.57. The molecular weight excluding hydrogens is 304 g/mol. The zero-order chi connectivity index (χ0) is 17.7. The van der Waals surface area contributed by atoms with E-state index in [1.807, 2.05) is 18.2 Å². The molecule has 0 heterocycles. The zero-order valence-corrected chi connectivity index (χ0v) is 14.8. The number of anilines is 1. The summed E-state index contributed by atoms with van der Waals surface area (Å²) in [5.74, 6) is -1.18. The van der Waals surface area contributed by atoms with Crippen LogP contribution in [0.5, 0.6) is 0 Å². The number of amides is 2. The Morgan fingerprint density at radius 1 is 1.17 bits per heavy atom. The molecule has 1 unspecified atom stereocenters. The second-order valence-corrected chi connectivity index (χ2v) is 7.57. The highest BCUT2D eigenvalue weighted by Gasteiger charge is 2.25. The van der Waals surface area contributed by atoms with Crippen LogP contribution in [0.2, 0.25) is 0 Å². The third-order valence-electron chi connectivity index (χ3n) is 4.61. The lowest BCUT2D eigenvalue weighted by molar-refractivity contribution is -0.136. The van der Waals surface area contributed by atoms with E-state index in [2.05, 4.69) is 31.4 Å². The summed E-state index contributed by atoms with van der Waals surface area (Å²) < 4.78 is 0. The van der Waals surface area contributed by atoms with Crippen molar-refractivity contribution < 1.29 is 14.7 Å². The van der Waals surface area contributed by atoms with E-state index in [-0.39, 0.29) is 17.9 Å². The summed E-state index contributed by atoms with van der Waals surface area (Å²) in [6.07, 6.45) is 3.65. The molecule has 1 atom stereocenters. The van der Waals surface area contributed by atoms with E-state index in [9.17, 15) is 14.7 Å². The van der Waals surface area contributed by atoms with E-state index in [1.165, 1.54) is 0 Å². The maximum absolute atomic E-state index is 12.1. The number of para-hydroxylation sites is 1. The maximum atomic E-state index is 12.1. The monoisotopic (exact) mass is 332 g/mol. The molecule has 3 N–H and O–H groups in total. The first-order valence-corrected chi connectivity index (χ1v) is 8.66. The Kier molecular flexibility index (Phi) is 5.99. The van der Waals surface area contributed by atoms with Gasteiger partial charge < -0.3 is 15.7 Å². The third-order valence-corrected chi connectivity index (χ3v) is 4.61. The number of benzene rings is 1. The van der Waals surface area contributed by atoms with Crippen molar-refractivity contribution in [3.8, 4) is 0 Å². The lowest BCUT2D eigenvalue weighted by Gasteiger charge is -2.23. The summed E-state index contributed by atoms with van der Waals surface area (Å²) in [6, 6.07) is 7.47. The first-order valence-electron chi connectivity index (χ1n) is 8.66. The standard InChI is InChI=1S/C19H28N2O3/c1-19(2,3)14-10-6-7-11-15(14)21-18(24)17(23)20-12-16(22)13-8-4-5-9-13/h6-7,10-11,13,16,22H,4-5,8-9,12H2,1-3H3,(H,20,23)(H,21,24). The molecule has 0 bridgehead atoms. The number of hydrogen-bond donors (Lipinski definition) is 3. The molecule has 1 aromatic rings. The van der Waals surface area contributed by atoms with Crippen LogP contribution in [-0.2, 0) is 15.0 Å². The second kappa shape index (κ2) is 7.79. The third kappa shape index (κ3) is 4.81. The first kappa shape index (κ1) is 18.5. The number of aliphatic hydroxyl groups is 1. The van der Waals surface area contributed by atoms with Crippen molar-refractivity contribution >= 4 is 17.5 Å². The van der Waals surface area contributed by atoms with Crippen molar-refractivity contribution in [1.29, 1.82) is 0 Å². The minimum Gasteiger partial charge on any atom is -0.391 e. The van der Waals surface area contributed by atoms with Crippen LogP contribution in [-0.4, -0.2) is 29.6 Å². The smallest absolute Gasteiger partial charge is 0.313 e. The van der Waals surface area contributed by atoms with Gasteiger partial charge in [0.15, 0.2) is 0 Å². The van der Waals surface area contributed by atoms with Gasteiger partial charge in [0.25, 0.3) is 0 Å². The van der Waals surface area contributed by atoms with E-state index in [4.69, 9.17) is 0 Å². The Morgan fingerprint density at radius 2 is 1.79 bits per heavy atom. The molecule has 1 aromatic carbocycles. The van der Waals surface area contributed by atoms with Gasteiger partial charge >= 0.3 is 11.8 Å². The highest BCUT2D eigenvalue weighted by molar-refractivity contribution is 6.39. The van der Waals surface area contributed by atoms with Crippen molar-refractivity contribution in [1.82, 2.24) is 5.32 Å². The van der Waals surface area contributed by atoms with Crippen molar-refractivity contribution in [2.75, 3.05) is 11.9 Å². The summed E-state index contributed by atoms with van der Waals surface area (Å²) in [5, 5.41) is 15.3. The van der Waals surface area contributed by atoms with Crippen LogP contribution in [0.3, 0.4) is 0 Å². The number of carbonyl (C=O) groups excluding carboxylic acids is 2. The molecule has 1 aliphatic rings. The highest BCUT2D eigenvalue weighted by atomic mass is 16.3. The fourth-order valence-corrected chi connectivity index (χ4v) is 3.21. The lowest BCUT2D eigenvalue weighted by Crippen LogP contribution is -2.41. The Bertz CT molecular complexity index is 587. The lowest BCUT2D eigenvalue weighted by atomic mass is 9.86. The van der Waals surface area contributed by atoms with Crippen LogP contribution in [0.15, 0.2) is 24.3 Å². The van der Waals surface area contributed by atoms with E-state index in [0.29, 0.717) is 5.69 Å². The molecule has 1 saturated carbocycles. The van der Waals surface area contributed by atoms with Crippen molar-refractivity contribution in [3.63, 3.8) is 0 Å². The predicted octanol–water partition coefficient (Wildman–Crippen LogP) is 2.59. The number of hydrogen-bond acceptors (Lipinski definition) is 3. The minimum atomic E-state index is -0.712. The molecule has 0 saturated heterocycles. The normalized spacial score (nSPS) is 16.7. The van der Waals surface area contributed by atoms with Gasteiger partial charge in [0.2, 0.25) is 0 Å². The van der Waals surface area contributed by atoms with E-state index >= 15 is 0 Å². The van der Waals surface area contributed by atoms with Gasteiger partial charge in [-0.15, -0.1) is 0 Å². The molecular formula is C19H28N2O3. The fourth-order valence-electron chi connectivity index (χ4n) is 3.21. The van der Waals surface area contributed by atoms with Gasteiger partial charge in [-0.25, -0.2) is 0 Å². The number of carbonyl (C=O) groups is 2. The van der Waals surface area contributed by atoms with Crippen LogP contribution in [0.4, 0.5) is 5.69 Å². The van der Waals surface area contributed by atoms with Crippen molar-refractivity contribution in [2.24, 2.45) is 5.92 Å². The average molecular weight is 332 g/mol. The molecule has 24 heavy (non-hydrogen) atoms. The summed E-state index contributed by atoms with van der Waals surface area (Å²) in [7, 11) is 0. The van der Waals surface area contributed by atoms with Gasteiger partial charge in [0.05, 0.1) is 6.10 Å². The Labute approximate surface area is 143 Å². The molecule has 1 fully saturated rings. The van der Waals surface area contributed by atoms with Gasteiger partial charge in [-0.05, 0) is 35.8 Å². The molecule has 2 rings (SSSR count). The molecule has 0 radical (unpaired) electrons. The Hall–Kier alpha value is -1.88. The van der Waals surface area contributed by atoms with Crippen molar-refractivity contribution in [2.45, 2.75) is 58.0 Å². The van der Waals surface area contributed by atoms with Crippen molar-refractivity contribution in [3.05, 3.63) is 29.8 Å². The van der Waals surface area contributed by atoms with Gasteiger partial charge in [0.1, 0.15) is 0 Å². The molecule has 0 aromatic heterocycles. The summed E-state index contributed by atoms with van der Waals surface area (Å²) in [6.45, 7) is 6.28. The van der Waals surface area contributed by atoms with E-state index in [0.717, 1.165) is 31.2 Å². The Balaban J connectivity index is 1.91. The molecule has 132 valence electrons. The molecule has 1 aliphatic carbocycles. The van der Waals surface area contributed by atoms with Gasteiger partial charge in [0, 0.05) is 12.2 Å². The quantitative estimate of drug-likeness (QED) is 0.742. The summed E-state index contributed by atoms with van der Waals surface area (Å²) in [5.41, 5.74) is 1.47. The minimum absolute atomic E-state index is 0.123. The van der Waals surface area contributed by atoms with Crippen LogP contribution in [0, 0.1) is 5.92 Å². The number of aliphatic hydroxyl groups excluding tert-OH is 1. The van der Waals surface area contributed by atoms with Gasteiger partial charge in [-0.2, -0.15) is 0 Å². The zero-order valence-electron chi connectivity index (χ0n) is 14.8. The van der Waals surface area contributed by atoms with Gasteiger partial charge in [-0.3, -0.25) is 9.59 Å². The van der Waals surface area contributed by atoms with Crippen LogP contribution in [0.1, 0.15) is 52.0 Å². The predicted molar refractivity (Wildman–Crippen MR) is 94.7 cm³/mol. The van der Waals surface area contributed by atoms with Crippen LogP contribution < -0.4 is 10.6 Å². The largest absolute Gasteiger partial charge is 0.391 e. The molecule has 0 spiro atoms. The average Bonchev–Trinajstić information content (AvgIpc) is 3.06. The highest BCUT2D eigenvalue weighted by Crippen LogP contribution is 2.29. The molecule has 0 aliphatic heterocycles. The van der Waals surface area contributed by atoms with E-state index in [1.54, 1.807) is 6.07 Å². The molecule has 5 heteroatoms. The molecule has 2 amide bonds. The maximum Gasteiger partial charge on any atom is 0.313 e. The van der Waals surface area contributed by atoms with E-state index < -0.39 is 17.9 Å². The van der Waals surface area contributed by atoms with Gasteiger partial charge in [-0.1, -0.05) is 51.8 Å². The Morgan fingerprint density at radius 3 is 2.42 bits per heavy atom. The summed E-state index contributed by atoms with van der Waals surface area (Å²) >= 11 is 0. The SMILES string of the molecule is CC(C)(C)c1ccccc1NC(=O)C(=O)NCC(O)C1CCCC1. The number of nitrogens with one attached hydrogen (secondary N) is 2. The van der Waals surface area contributed by atoms with Crippen LogP contribution >= 0.6 is 0 Å². The first-order chi connectivity index (χ1) is 11.3.